The summed E-state index contributed by atoms with van der Waals surface area (Å²) in [5.74, 6) is -0.843. The Bertz CT molecular complexity index is 839. The summed E-state index contributed by atoms with van der Waals surface area (Å²) >= 11 is 0. The molecular formula is C21H30FN3O3S. The van der Waals surface area contributed by atoms with Crippen LogP contribution in [0, 0.1) is 11.7 Å². The zero-order valence-corrected chi connectivity index (χ0v) is 17.8. The fourth-order valence-corrected chi connectivity index (χ4v) is 5.41. The van der Waals surface area contributed by atoms with E-state index in [1.807, 2.05) is 0 Å². The molecule has 6 nitrogen and oxygen atoms in total. The minimum atomic E-state index is -3.78. The van der Waals surface area contributed by atoms with Crippen LogP contribution in [0.3, 0.4) is 0 Å². The Morgan fingerprint density at radius 3 is 2.69 bits per heavy atom. The van der Waals surface area contributed by atoms with Crippen LogP contribution in [0.1, 0.15) is 44.9 Å². The molecule has 1 atom stereocenters. The van der Waals surface area contributed by atoms with Gasteiger partial charge in [-0.15, -0.1) is 0 Å². The van der Waals surface area contributed by atoms with Crippen LogP contribution in [0.25, 0.3) is 0 Å². The van der Waals surface area contributed by atoms with Crippen LogP contribution in [0.15, 0.2) is 35.9 Å². The molecule has 1 amide bonds. The number of nitrogens with one attached hydrogen (secondary N) is 1. The molecule has 1 heterocycles. The van der Waals surface area contributed by atoms with Gasteiger partial charge in [0.25, 0.3) is 0 Å². The van der Waals surface area contributed by atoms with Crippen molar-refractivity contribution in [3.63, 3.8) is 0 Å². The van der Waals surface area contributed by atoms with Crippen LogP contribution in [-0.4, -0.2) is 45.3 Å². The van der Waals surface area contributed by atoms with E-state index >= 15 is 0 Å². The van der Waals surface area contributed by atoms with Crippen LogP contribution < -0.4 is 9.62 Å². The second kappa shape index (κ2) is 9.71. The molecule has 1 aliphatic heterocycles. The van der Waals surface area contributed by atoms with Crippen molar-refractivity contribution in [3.8, 4) is 0 Å². The summed E-state index contributed by atoms with van der Waals surface area (Å²) in [6.07, 6.45) is 9.16. The summed E-state index contributed by atoms with van der Waals surface area (Å²) in [5.41, 5.74) is 1.80. The molecule has 3 rings (SSSR count). The fourth-order valence-electron chi connectivity index (χ4n) is 3.95. The lowest BCUT2D eigenvalue weighted by molar-refractivity contribution is -0.126. The summed E-state index contributed by atoms with van der Waals surface area (Å²) in [6, 6.07) is 5.33. The second-order valence-electron chi connectivity index (χ2n) is 7.80. The van der Waals surface area contributed by atoms with Crippen molar-refractivity contribution < 1.29 is 17.6 Å². The molecule has 0 aromatic heterocycles. The number of halogens is 1. The minimum absolute atomic E-state index is 0.0780. The van der Waals surface area contributed by atoms with Crippen LogP contribution in [-0.2, 0) is 15.0 Å². The fraction of sp³-hybridized carbons (Fsp3) is 0.571. The SMILES string of the molecule is CN(c1ccc(F)cc1)S(=O)(=O)N1CCCC(C(=O)NCCC2=CCCCC2)C1. The lowest BCUT2D eigenvalue weighted by Gasteiger charge is -2.34. The van der Waals surface area contributed by atoms with Gasteiger partial charge in [-0.1, -0.05) is 11.6 Å². The van der Waals surface area contributed by atoms with Gasteiger partial charge in [0.05, 0.1) is 11.6 Å². The highest BCUT2D eigenvalue weighted by atomic mass is 32.2. The van der Waals surface area contributed by atoms with Gasteiger partial charge in [-0.05, 0) is 69.2 Å². The molecule has 8 heteroatoms. The van der Waals surface area contributed by atoms with Crippen LogP contribution in [0.2, 0.25) is 0 Å². The van der Waals surface area contributed by atoms with Gasteiger partial charge < -0.3 is 5.32 Å². The quantitative estimate of drug-likeness (QED) is 0.685. The van der Waals surface area contributed by atoms with E-state index in [2.05, 4.69) is 11.4 Å². The number of benzene rings is 1. The number of nitrogens with zero attached hydrogens (tertiary/aromatic N) is 2. The Kier molecular flexibility index (Phi) is 7.29. The Hall–Kier alpha value is -1.93. The van der Waals surface area contributed by atoms with Gasteiger partial charge in [-0.25, -0.2) is 4.39 Å². The molecule has 1 aliphatic carbocycles. The van der Waals surface area contributed by atoms with E-state index in [-0.39, 0.29) is 18.4 Å². The maximum atomic E-state index is 13.1. The van der Waals surface area contributed by atoms with Crippen molar-refractivity contribution in [3.05, 3.63) is 41.7 Å². The highest BCUT2D eigenvalue weighted by Gasteiger charge is 2.34. The van der Waals surface area contributed by atoms with Crippen molar-refractivity contribution in [2.24, 2.45) is 5.92 Å². The second-order valence-corrected chi connectivity index (χ2v) is 9.76. The third-order valence-corrected chi connectivity index (χ3v) is 7.64. The first kappa shape index (κ1) is 21.8. The first-order chi connectivity index (χ1) is 13.9. The Balaban J connectivity index is 1.56. The molecule has 160 valence electrons. The van der Waals surface area contributed by atoms with Gasteiger partial charge in [0, 0.05) is 26.7 Å². The maximum Gasteiger partial charge on any atom is 0.303 e. The highest BCUT2D eigenvalue weighted by Crippen LogP contribution is 2.25. The van der Waals surface area contributed by atoms with E-state index in [1.54, 1.807) is 0 Å². The Morgan fingerprint density at radius 1 is 1.24 bits per heavy atom. The normalized spacial score (nSPS) is 20.8. The van der Waals surface area contributed by atoms with E-state index in [9.17, 15) is 17.6 Å². The summed E-state index contributed by atoms with van der Waals surface area (Å²) in [6.45, 7) is 1.15. The topological polar surface area (TPSA) is 69.7 Å². The van der Waals surface area contributed by atoms with Crippen molar-refractivity contribution in [2.75, 3.05) is 31.0 Å². The molecule has 1 saturated heterocycles. The maximum absolute atomic E-state index is 13.1. The van der Waals surface area contributed by atoms with E-state index in [4.69, 9.17) is 0 Å². The van der Waals surface area contributed by atoms with Crippen LogP contribution in [0.4, 0.5) is 10.1 Å². The number of allylic oxidation sites excluding steroid dienone is 1. The molecule has 0 bridgehead atoms. The summed E-state index contributed by atoms with van der Waals surface area (Å²) in [4.78, 5) is 12.6. The van der Waals surface area contributed by atoms with Crippen molar-refractivity contribution in [2.45, 2.75) is 44.9 Å². The third-order valence-electron chi connectivity index (χ3n) is 5.75. The van der Waals surface area contributed by atoms with E-state index in [1.165, 1.54) is 54.0 Å². The average Bonchev–Trinajstić information content (AvgIpc) is 2.74. The first-order valence-electron chi connectivity index (χ1n) is 10.3. The van der Waals surface area contributed by atoms with Crippen LogP contribution in [0.5, 0.6) is 0 Å². The Morgan fingerprint density at radius 2 is 2.00 bits per heavy atom. The number of carbonyl (C=O) groups excluding carboxylic acids is 1. The molecule has 1 N–H and O–H groups in total. The van der Waals surface area contributed by atoms with Crippen LogP contribution >= 0.6 is 0 Å². The standard InChI is InChI=1S/C21H30FN3O3S/c1-24(20-11-9-19(22)10-12-20)29(27,28)25-15-5-8-18(16-25)21(26)23-14-13-17-6-3-2-4-7-17/h6,9-12,18H,2-5,7-8,13-16H2,1H3,(H,23,26). The van der Waals surface area contributed by atoms with Crippen molar-refractivity contribution in [1.29, 1.82) is 0 Å². The number of amides is 1. The predicted molar refractivity (Wildman–Crippen MR) is 112 cm³/mol. The average molecular weight is 424 g/mol. The minimum Gasteiger partial charge on any atom is -0.356 e. The molecule has 1 aromatic carbocycles. The van der Waals surface area contributed by atoms with Gasteiger partial charge in [-0.3, -0.25) is 9.10 Å². The van der Waals surface area contributed by atoms with E-state index in [0.29, 0.717) is 31.6 Å². The monoisotopic (exact) mass is 423 g/mol. The number of hydrogen-bond donors (Lipinski definition) is 1. The highest BCUT2D eigenvalue weighted by molar-refractivity contribution is 7.90. The number of anilines is 1. The van der Waals surface area contributed by atoms with Gasteiger partial charge in [0.1, 0.15) is 5.82 Å². The Labute approximate surface area is 172 Å². The lowest BCUT2D eigenvalue weighted by atomic mass is 9.96. The summed E-state index contributed by atoms with van der Waals surface area (Å²) in [5, 5.41) is 2.98. The van der Waals surface area contributed by atoms with Gasteiger partial charge >= 0.3 is 10.2 Å². The molecule has 0 radical (unpaired) electrons. The number of hydrogen-bond acceptors (Lipinski definition) is 3. The zero-order valence-electron chi connectivity index (χ0n) is 16.9. The summed E-state index contributed by atoms with van der Waals surface area (Å²) in [7, 11) is -2.33. The number of piperidine rings is 1. The third kappa shape index (κ3) is 5.57. The van der Waals surface area contributed by atoms with Gasteiger partial charge in [-0.2, -0.15) is 12.7 Å². The smallest absolute Gasteiger partial charge is 0.303 e. The van der Waals surface area contributed by atoms with E-state index in [0.717, 1.165) is 23.6 Å². The van der Waals surface area contributed by atoms with Crippen molar-refractivity contribution in [1.82, 2.24) is 9.62 Å². The molecule has 2 aliphatic rings. The lowest BCUT2D eigenvalue weighted by Crippen LogP contribution is -2.49. The largest absolute Gasteiger partial charge is 0.356 e. The molecule has 29 heavy (non-hydrogen) atoms. The zero-order chi connectivity index (χ0) is 20.9. The first-order valence-corrected chi connectivity index (χ1v) is 11.7. The van der Waals surface area contributed by atoms with Gasteiger partial charge in [0.2, 0.25) is 5.91 Å². The van der Waals surface area contributed by atoms with E-state index < -0.39 is 16.0 Å². The molecule has 0 saturated carbocycles. The predicted octanol–water partition coefficient (Wildman–Crippen LogP) is 3.23. The van der Waals surface area contributed by atoms with Crippen molar-refractivity contribution >= 4 is 21.8 Å². The summed E-state index contributed by atoms with van der Waals surface area (Å²) < 4.78 is 41.6. The number of carbonyl (C=O) groups is 1. The number of rotatable bonds is 7. The molecular weight excluding hydrogens is 393 g/mol. The molecule has 1 unspecified atom stereocenters. The molecule has 1 aromatic rings. The molecule has 0 spiro atoms. The molecule has 1 fully saturated rings. The van der Waals surface area contributed by atoms with Gasteiger partial charge in [0.15, 0.2) is 0 Å².